The number of aromatic nitrogens is 3. The van der Waals surface area contributed by atoms with Crippen molar-refractivity contribution in [3.05, 3.63) is 48.8 Å². The second kappa shape index (κ2) is 10.9. The van der Waals surface area contributed by atoms with Gasteiger partial charge in [0.1, 0.15) is 12.4 Å². The molecule has 3 nitrogen and oxygen atoms in total. The maximum atomic E-state index is 4.68. The van der Waals surface area contributed by atoms with Crippen LogP contribution in [0.25, 0.3) is 22.4 Å². The SMILES string of the molecule is CCCCCCCCCCCC[n+]1ccc(-c2nc3ccccc3[nH]2)cc1. The predicted molar refractivity (Wildman–Crippen MR) is 114 cm³/mol. The first-order valence-corrected chi connectivity index (χ1v) is 10.8. The summed E-state index contributed by atoms with van der Waals surface area (Å²) in [5.41, 5.74) is 3.26. The molecule has 3 rings (SSSR count). The van der Waals surface area contributed by atoms with E-state index in [0.29, 0.717) is 0 Å². The van der Waals surface area contributed by atoms with Crippen LogP contribution >= 0.6 is 0 Å². The van der Waals surface area contributed by atoms with Gasteiger partial charge >= 0.3 is 0 Å². The van der Waals surface area contributed by atoms with Crippen LogP contribution in [0, 0.1) is 0 Å². The largest absolute Gasteiger partial charge is 0.338 e. The van der Waals surface area contributed by atoms with E-state index >= 15 is 0 Å². The zero-order valence-corrected chi connectivity index (χ0v) is 16.8. The number of fused-ring (bicyclic) bond motifs is 1. The Labute approximate surface area is 163 Å². The Morgan fingerprint density at radius 2 is 1.41 bits per heavy atom. The van der Waals surface area contributed by atoms with Gasteiger partial charge in [-0.2, -0.15) is 0 Å². The highest BCUT2D eigenvalue weighted by atomic mass is 14.9. The summed E-state index contributed by atoms with van der Waals surface area (Å²) >= 11 is 0. The molecule has 27 heavy (non-hydrogen) atoms. The molecule has 3 aromatic rings. The molecule has 144 valence electrons. The number of aromatic amines is 1. The molecule has 3 heteroatoms. The van der Waals surface area contributed by atoms with Crippen LogP contribution in [0.5, 0.6) is 0 Å². The van der Waals surface area contributed by atoms with E-state index in [1.54, 1.807) is 0 Å². The molecule has 0 spiro atoms. The fraction of sp³-hybridized carbons (Fsp3) is 0.500. The summed E-state index contributed by atoms with van der Waals surface area (Å²) in [5, 5.41) is 0. The molecule has 0 saturated heterocycles. The number of rotatable bonds is 12. The van der Waals surface area contributed by atoms with Crippen molar-refractivity contribution in [3.63, 3.8) is 0 Å². The van der Waals surface area contributed by atoms with Crippen LogP contribution in [0.4, 0.5) is 0 Å². The number of para-hydroxylation sites is 2. The summed E-state index contributed by atoms with van der Waals surface area (Å²) in [6.45, 7) is 3.39. The van der Waals surface area contributed by atoms with Crippen molar-refractivity contribution in [1.82, 2.24) is 9.97 Å². The van der Waals surface area contributed by atoms with Gasteiger partial charge in [-0.05, 0) is 18.6 Å². The smallest absolute Gasteiger partial charge is 0.169 e. The lowest BCUT2D eigenvalue weighted by Gasteiger charge is -2.02. The molecule has 2 aromatic heterocycles. The first-order valence-electron chi connectivity index (χ1n) is 10.8. The predicted octanol–water partition coefficient (Wildman–Crippen LogP) is 6.44. The number of hydrogen-bond acceptors (Lipinski definition) is 1. The first-order chi connectivity index (χ1) is 13.4. The first kappa shape index (κ1) is 19.6. The van der Waals surface area contributed by atoms with Crippen LogP contribution in [-0.2, 0) is 6.54 Å². The number of imidazole rings is 1. The maximum Gasteiger partial charge on any atom is 0.169 e. The fourth-order valence-corrected chi connectivity index (χ4v) is 3.64. The van der Waals surface area contributed by atoms with Gasteiger partial charge in [0.25, 0.3) is 0 Å². The van der Waals surface area contributed by atoms with Crippen LogP contribution in [-0.4, -0.2) is 9.97 Å². The van der Waals surface area contributed by atoms with Gasteiger partial charge in [0.05, 0.1) is 11.0 Å². The summed E-state index contributed by atoms with van der Waals surface area (Å²) in [4.78, 5) is 8.07. The summed E-state index contributed by atoms with van der Waals surface area (Å²) in [5.74, 6) is 0.947. The number of H-pyrrole nitrogens is 1. The molecular weight excluding hydrogens is 330 g/mol. The summed E-state index contributed by atoms with van der Waals surface area (Å²) < 4.78 is 2.29. The lowest BCUT2D eigenvalue weighted by atomic mass is 10.1. The highest BCUT2D eigenvalue weighted by molar-refractivity contribution is 5.78. The molecule has 0 radical (unpaired) electrons. The van der Waals surface area contributed by atoms with Crippen LogP contribution in [0.3, 0.4) is 0 Å². The molecule has 0 unspecified atom stereocenters. The van der Waals surface area contributed by atoms with Crippen LogP contribution < -0.4 is 4.57 Å². The van der Waals surface area contributed by atoms with Crippen molar-refractivity contribution in [3.8, 4) is 11.4 Å². The quantitative estimate of drug-likeness (QED) is 0.291. The minimum absolute atomic E-state index is 0.947. The molecule has 0 saturated carbocycles. The highest BCUT2D eigenvalue weighted by Gasteiger charge is 2.07. The normalized spacial score (nSPS) is 11.3. The second-order valence-corrected chi connectivity index (χ2v) is 7.61. The Balaban J connectivity index is 1.35. The standard InChI is InChI=1S/C24H33N3/c1-2-3-4-5-6-7-8-9-10-13-18-27-19-16-21(17-20-27)24-25-22-14-11-12-15-23(22)26-24/h11-12,14-17,19-20H,2-10,13,18H2,1H3/p+1. The molecule has 0 atom stereocenters. The Bertz CT molecular complexity index is 756. The molecule has 0 bridgehead atoms. The van der Waals surface area contributed by atoms with Crippen molar-refractivity contribution in [2.24, 2.45) is 0 Å². The van der Waals surface area contributed by atoms with E-state index in [9.17, 15) is 0 Å². The molecule has 1 aromatic carbocycles. The monoisotopic (exact) mass is 364 g/mol. The molecule has 0 aliphatic carbocycles. The highest BCUT2D eigenvalue weighted by Crippen LogP contribution is 2.19. The number of hydrogen-bond donors (Lipinski definition) is 1. The van der Waals surface area contributed by atoms with Crippen LogP contribution in [0.2, 0.25) is 0 Å². The van der Waals surface area contributed by atoms with Gasteiger partial charge in [-0.1, -0.05) is 70.4 Å². The van der Waals surface area contributed by atoms with E-state index in [-0.39, 0.29) is 0 Å². The van der Waals surface area contributed by atoms with Gasteiger partial charge in [-0.25, -0.2) is 9.55 Å². The van der Waals surface area contributed by atoms with E-state index in [1.165, 1.54) is 64.2 Å². The zero-order chi connectivity index (χ0) is 18.7. The average Bonchev–Trinajstić information content (AvgIpc) is 3.14. The fourth-order valence-electron chi connectivity index (χ4n) is 3.64. The van der Waals surface area contributed by atoms with Crippen molar-refractivity contribution in [1.29, 1.82) is 0 Å². The van der Waals surface area contributed by atoms with Gasteiger partial charge in [-0.15, -0.1) is 0 Å². The molecule has 0 fully saturated rings. The maximum absolute atomic E-state index is 4.68. The van der Waals surface area contributed by atoms with Gasteiger partial charge < -0.3 is 4.98 Å². The van der Waals surface area contributed by atoms with Crippen LogP contribution in [0.1, 0.15) is 71.1 Å². The van der Waals surface area contributed by atoms with Gasteiger partial charge in [0.2, 0.25) is 0 Å². The van der Waals surface area contributed by atoms with E-state index in [2.05, 4.69) is 52.1 Å². The third-order valence-corrected chi connectivity index (χ3v) is 5.32. The van der Waals surface area contributed by atoms with Gasteiger partial charge in [0.15, 0.2) is 12.4 Å². The molecule has 0 aliphatic rings. The third-order valence-electron chi connectivity index (χ3n) is 5.32. The van der Waals surface area contributed by atoms with E-state index in [0.717, 1.165) is 29.0 Å². The van der Waals surface area contributed by atoms with Crippen LogP contribution in [0.15, 0.2) is 48.8 Å². The number of pyridine rings is 1. The Morgan fingerprint density at radius 1 is 0.778 bits per heavy atom. The van der Waals surface area contributed by atoms with E-state index in [1.807, 2.05) is 18.2 Å². The van der Waals surface area contributed by atoms with E-state index in [4.69, 9.17) is 0 Å². The Kier molecular flexibility index (Phi) is 7.88. The zero-order valence-electron chi connectivity index (χ0n) is 16.8. The number of benzene rings is 1. The second-order valence-electron chi connectivity index (χ2n) is 7.61. The molecule has 1 N–H and O–H groups in total. The molecule has 0 amide bonds. The summed E-state index contributed by atoms with van der Waals surface area (Å²) in [6, 6.07) is 12.5. The molecule has 2 heterocycles. The van der Waals surface area contributed by atoms with Gasteiger partial charge in [0, 0.05) is 24.1 Å². The minimum atomic E-state index is 0.947. The van der Waals surface area contributed by atoms with E-state index < -0.39 is 0 Å². The minimum Gasteiger partial charge on any atom is -0.338 e. The molecule has 0 aliphatic heterocycles. The van der Waals surface area contributed by atoms with Gasteiger partial charge in [-0.3, -0.25) is 0 Å². The van der Waals surface area contributed by atoms with Crippen molar-refractivity contribution < 1.29 is 4.57 Å². The van der Waals surface area contributed by atoms with Crippen molar-refractivity contribution >= 4 is 11.0 Å². The van der Waals surface area contributed by atoms with Crippen molar-refractivity contribution in [2.75, 3.05) is 0 Å². The Morgan fingerprint density at radius 3 is 2.07 bits per heavy atom. The average molecular weight is 365 g/mol. The Hall–Kier alpha value is -2.16. The topological polar surface area (TPSA) is 32.6 Å². The number of unbranched alkanes of at least 4 members (excludes halogenated alkanes) is 9. The summed E-state index contributed by atoms with van der Waals surface area (Å²) in [7, 11) is 0. The summed E-state index contributed by atoms with van der Waals surface area (Å²) in [6.07, 6.45) is 18.2. The lowest BCUT2D eigenvalue weighted by Crippen LogP contribution is -2.32. The number of aryl methyl sites for hydroxylation is 1. The molecular formula is C24H34N3+. The third kappa shape index (κ3) is 6.20. The number of nitrogens with zero attached hydrogens (tertiary/aromatic N) is 2. The lowest BCUT2D eigenvalue weighted by molar-refractivity contribution is -0.697. The van der Waals surface area contributed by atoms with Crippen molar-refractivity contribution in [2.45, 2.75) is 77.7 Å². The number of nitrogens with one attached hydrogen (secondary N) is 1.